The average Bonchev–Trinajstić information content (AvgIpc) is 2.79. The van der Waals surface area contributed by atoms with Crippen molar-refractivity contribution in [3.8, 4) is 11.3 Å². The van der Waals surface area contributed by atoms with Crippen LogP contribution in [0.25, 0.3) is 11.3 Å². The summed E-state index contributed by atoms with van der Waals surface area (Å²) in [5.74, 6) is 0.478. The van der Waals surface area contributed by atoms with E-state index in [1.807, 2.05) is 19.1 Å². The number of halogens is 1. The Bertz CT molecular complexity index is 647. The molecule has 0 fully saturated rings. The third-order valence-electron chi connectivity index (χ3n) is 3.77. The molecule has 4 nitrogen and oxygen atoms in total. The van der Waals surface area contributed by atoms with E-state index in [0.717, 1.165) is 30.0 Å². The van der Waals surface area contributed by atoms with Gasteiger partial charge in [0.1, 0.15) is 16.7 Å². The van der Waals surface area contributed by atoms with Crippen LogP contribution in [0.3, 0.4) is 0 Å². The molecule has 0 radical (unpaired) electrons. The molecule has 0 aliphatic carbocycles. The number of carbonyl (C=O) groups excluding carboxylic acids is 1. The van der Waals surface area contributed by atoms with Crippen molar-refractivity contribution in [2.45, 2.75) is 46.1 Å². The van der Waals surface area contributed by atoms with Crippen LogP contribution in [0.1, 0.15) is 48.8 Å². The van der Waals surface area contributed by atoms with Gasteiger partial charge in [0, 0.05) is 17.7 Å². The number of nitrogens with two attached hydrogens (primary N) is 1. The Morgan fingerprint density at radius 3 is 2.50 bits per heavy atom. The minimum atomic E-state index is -0.435. The van der Waals surface area contributed by atoms with Crippen LogP contribution in [0, 0.1) is 6.92 Å². The summed E-state index contributed by atoms with van der Waals surface area (Å²) in [5, 5.41) is 0.654. The zero-order chi connectivity index (χ0) is 16.1. The number of aromatic nitrogens is 2. The summed E-state index contributed by atoms with van der Waals surface area (Å²) in [7, 11) is 0. The number of primary amides is 1. The number of rotatable bonds is 7. The average molecular weight is 320 g/mol. The van der Waals surface area contributed by atoms with E-state index in [1.165, 1.54) is 19.3 Å². The first-order valence-corrected chi connectivity index (χ1v) is 8.05. The van der Waals surface area contributed by atoms with E-state index in [-0.39, 0.29) is 0 Å². The maximum Gasteiger partial charge on any atom is 0.248 e. The van der Waals surface area contributed by atoms with Gasteiger partial charge in [-0.1, -0.05) is 49.9 Å². The number of nitrogens with zero attached hydrogens (tertiary/aromatic N) is 2. The van der Waals surface area contributed by atoms with Gasteiger partial charge in [0.2, 0.25) is 5.91 Å². The minimum Gasteiger partial charge on any atom is -0.366 e. The van der Waals surface area contributed by atoms with Crippen LogP contribution in [0.5, 0.6) is 0 Å². The van der Waals surface area contributed by atoms with Crippen molar-refractivity contribution in [2.75, 3.05) is 0 Å². The van der Waals surface area contributed by atoms with Gasteiger partial charge in [-0.15, -0.1) is 0 Å². The van der Waals surface area contributed by atoms with E-state index in [0.29, 0.717) is 10.7 Å². The van der Waals surface area contributed by atoms with Gasteiger partial charge in [-0.3, -0.25) is 4.79 Å². The van der Waals surface area contributed by atoms with Crippen molar-refractivity contribution in [1.29, 1.82) is 0 Å². The number of hydrogen-bond donors (Lipinski definition) is 1. The molecule has 2 aromatic rings. The summed E-state index contributed by atoms with van der Waals surface area (Å²) in [4.78, 5) is 15.7. The van der Waals surface area contributed by atoms with Crippen LogP contribution in [-0.2, 0) is 6.54 Å². The molecule has 1 aromatic carbocycles. The number of carbonyl (C=O) groups is 1. The summed E-state index contributed by atoms with van der Waals surface area (Å²) >= 11 is 6.49. The van der Waals surface area contributed by atoms with Gasteiger partial charge < -0.3 is 10.3 Å². The normalized spacial score (nSPS) is 10.9. The molecule has 0 spiro atoms. The predicted molar refractivity (Wildman–Crippen MR) is 90.1 cm³/mol. The Morgan fingerprint density at radius 1 is 1.23 bits per heavy atom. The van der Waals surface area contributed by atoms with E-state index < -0.39 is 5.91 Å². The van der Waals surface area contributed by atoms with Gasteiger partial charge in [0.05, 0.1) is 0 Å². The largest absolute Gasteiger partial charge is 0.366 e. The Labute approximate surface area is 136 Å². The second kappa shape index (κ2) is 7.45. The first kappa shape index (κ1) is 16.6. The SMILES string of the molecule is CCCCCCn1c(C)nc(-c2ccc(C(N)=O)cc2)c1Cl. The van der Waals surface area contributed by atoms with Gasteiger partial charge in [-0.05, 0) is 25.5 Å². The second-order valence-corrected chi connectivity index (χ2v) is 5.81. The Balaban J connectivity index is 2.19. The molecule has 1 amide bonds. The van der Waals surface area contributed by atoms with Gasteiger partial charge in [0.15, 0.2) is 0 Å². The van der Waals surface area contributed by atoms with Crippen molar-refractivity contribution in [3.63, 3.8) is 0 Å². The van der Waals surface area contributed by atoms with Crippen molar-refractivity contribution in [2.24, 2.45) is 5.73 Å². The lowest BCUT2D eigenvalue weighted by Gasteiger charge is -2.06. The lowest BCUT2D eigenvalue weighted by Crippen LogP contribution is -2.10. The molecule has 1 heterocycles. The third-order valence-corrected chi connectivity index (χ3v) is 4.16. The van der Waals surface area contributed by atoms with Gasteiger partial charge in [0.25, 0.3) is 0 Å². The molecule has 0 aliphatic rings. The zero-order valence-electron chi connectivity index (χ0n) is 13.1. The number of hydrogen-bond acceptors (Lipinski definition) is 2. The maximum absolute atomic E-state index is 11.1. The lowest BCUT2D eigenvalue weighted by atomic mass is 10.1. The molecule has 118 valence electrons. The van der Waals surface area contributed by atoms with Crippen LogP contribution in [0.4, 0.5) is 0 Å². The quantitative estimate of drug-likeness (QED) is 0.778. The molecule has 0 saturated carbocycles. The summed E-state index contributed by atoms with van der Waals surface area (Å²) in [6.07, 6.45) is 4.76. The topological polar surface area (TPSA) is 60.9 Å². The summed E-state index contributed by atoms with van der Waals surface area (Å²) in [6.45, 7) is 5.05. The first-order valence-electron chi connectivity index (χ1n) is 7.67. The van der Waals surface area contributed by atoms with Gasteiger partial charge in [-0.2, -0.15) is 0 Å². The number of amides is 1. The molecule has 0 bridgehead atoms. The van der Waals surface area contributed by atoms with E-state index in [1.54, 1.807) is 12.1 Å². The second-order valence-electron chi connectivity index (χ2n) is 5.45. The van der Waals surface area contributed by atoms with Crippen LogP contribution < -0.4 is 5.73 Å². The number of benzene rings is 1. The van der Waals surface area contributed by atoms with E-state index in [9.17, 15) is 4.79 Å². The van der Waals surface area contributed by atoms with Crippen LogP contribution in [0.2, 0.25) is 5.15 Å². The molecule has 2 rings (SSSR count). The highest BCUT2D eigenvalue weighted by Crippen LogP contribution is 2.29. The Kier molecular flexibility index (Phi) is 5.61. The Hall–Kier alpha value is -1.81. The monoisotopic (exact) mass is 319 g/mol. The van der Waals surface area contributed by atoms with Crippen LogP contribution in [-0.4, -0.2) is 15.5 Å². The van der Waals surface area contributed by atoms with Crippen LogP contribution >= 0.6 is 11.6 Å². The zero-order valence-corrected chi connectivity index (χ0v) is 13.9. The maximum atomic E-state index is 11.1. The lowest BCUT2D eigenvalue weighted by molar-refractivity contribution is 0.100. The predicted octanol–water partition coefficient (Wildman–Crippen LogP) is 4.19. The summed E-state index contributed by atoms with van der Waals surface area (Å²) in [6, 6.07) is 7.05. The van der Waals surface area contributed by atoms with Gasteiger partial charge >= 0.3 is 0 Å². The van der Waals surface area contributed by atoms with E-state index >= 15 is 0 Å². The molecule has 0 aliphatic heterocycles. The van der Waals surface area contributed by atoms with Gasteiger partial charge in [-0.25, -0.2) is 4.98 Å². The molecule has 5 heteroatoms. The van der Waals surface area contributed by atoms with Crippen molar-refractivity contribution in [1.82, 2.24) is 9.55 Å². The number of unbranched alkanes of at least 4 members (excludes halogenated alkanes) is 3. The molecular formula is C17H22ClN3O. The highest BCUT2D eigenvalue weighted by atomic mass is 35.5. The minimum absolute atomic E-state index is 0.435. The molecule has 22 heavy (non-hydrogen) atoms. The smallest absolute Gasteiger partial charge is 0.248 e. The molecular weight excluding hydrogens is 298 g/mol. The third kappa shape index (κ3) is 3.69. The number of imidazole rings is 1. The molecule has 0 unspecified atom stereocenters. The highest BCUT2D eigenvalue weighted by molar-refractivity contribution is 6.32. The number of aryl methyl sites for hydroxylation is 1. The van der Waals surface area contributed by atoms with E-state index in [4.69, 9.17) is 17.3 Å². The van der Waals surface area contributed by atoms with Crippen molar-refractivity contribution >= 4 is 17.5 Å². The molecule has 1 aromatic heterocycles. The summed E-state index contributed by atoms with van der Waals surface area (Å²) in [5.41, 5.74) is 7.39. The molecule has 0 saturated heterocycles. The van der Waals surface area contributed by atoms with E-state index in [2.05, 4.69) is 16.5 Å². The summed E-state index contributed by atoms with van der Waals surface area (Å²) < 4.78 is 2.05. The molecule has 0 atom stereocenters. The Morgan fingerprint density at radius 2 is 1.91 bits per heavy atom. The fourth-order valence-electron chi connectivity index (χ4n) is 2.47. The van der Waals surface area contributed by atoms with Crippen molar-refractivity contribution in [3.05, 3.63) is 40.8 Å². The fraction of sp³-hybridized carbons (Fsp3) is 0.412. The van der Waals surface area contributed by atoms with Crippen molar-refractivity contribution < 1.29 is 4.79 Å². The van der Waals surface area contributed by atoms with Crippen LogP contribution in [0.15, 0.2) is 24.3 Å². The highest BCUT2D eigenvalue weighted by Gasteiger charge is 2.14. The first-order chi connectivity index (χ1) is 10.5. The standard InChI is InChI=1S/C17H22ClN3O/c1-3-4-5-6-11-21-12(2)20-15(16(21)18)13-7-9-14(10-8-13)17(19)22/h7-10H,3-6,11H2,1-2H3,(H2,19,22). The fourth-order valence-corrected chi connectivity index (χ4v) is 2.83. The molecule has 2 N–H and O–H groups in total.